The van der Waals surface area contributed by atoms with Crippen LogP contribution in [0.3, 0.4) is 0 Å². The molecule has 1 heterocycles. The Morgan fingerprint density at radius 3 is 1.80 bits per heavy atom. The van der Waals surface area contributed by atoms with Crippen LogP contribution in [-0.2, 0) is 20.6 Å². The average Bonchev–Trinajstić information content (AvgIpc) is 2.76. The van der Waals surface area contributed by atoms with Gasteiger partial charge in [0.05, 0.1) is 76.5 Å². The van der Waals surface area contributed by atoms with Gasteiger partial charge in [0.2, 0.25) is 0 Å². The first-order valence-electron chi connectivity index (χ1n) is 9.58. The van der Waals surface area contributed by atoms with E-state index in [0.29, 0.717) is 5.69 Å². The Kier molecular flexibility index (Phi) is 13.8. The van der Waals surface area contributed by atoms with Crippen LogP contribution >= 0.6 is 0 Å². The molecule has 0 unspecified atom stereocenters. The fraction of sp³-hybridized carbons (Fsp3) is 0.778. The number of aliphatic hydroxyl groups is 7. The number of hydrogen-bond acceptors (Lipinski definition) is 12. The van der Waals surface area contributed by atoms with Gasteiger partial charge in [-0.25, -0.2) is 0 Å². The normalized spacial score (nSPS) is 16.8. The van der Waals surface area contributed by atoms with Crippen molar-refractivity contribution < 1.29 is 50.0 Å². The van der Waals surface area contributed by atoms with E-state index < -0.39 is 43.7 Å². The molecule has 1 aromatic heterocycles. The van der Waals surface area contributed by atoms with Crippen molar-refractivity contribution in [1.82, 2.24) is 9.97 Å². The maximum atomic E-state index is 10.5. The van der Waals surface area contributed by atoms with E-state index >= 15 is 0 Å². The second-order valence-electron chi connectivity index (χ2n) is 6.34. The van der Waals surface area contributed by atoms with Crippen molar-refractivity contribution in [2.75, 3.05) is 52.9 Å². The second-order valence-corrected chi connectivity index (χ2v) is 6.34. The predicted octanol–water partition coefficient (Wildman–Crippen LogP) is -3.47. The van der Waals surface area contributed by atoms with Gasteiger partial charge in [-0.05, 0) is 0 Å². The van der Waals surface area contributed by atoms with Gasteiger partial charge in [-0.1, -0.05) is 0 Å². The lowest BCUT2D eigenvalue weighted by Crippen LogP contribution is -2.39. The highest BCUT2D eigenvalue weighted by Gasteiger charge is 2.31. The molecular weight excluding hydrogens is 404 g/mol. The van der Waals surface area contributed by atoms with E-state index in [1.54, 1.807) is 0 Å². The molecule has 0 saturated heterocycles. The molecule has 0 aliphatic carbocycles. The van der Waals surface area contributed by atoms with E-state index in [4.69, 9.17) is 29.5 Å². The summed E-state index contributed by atoms with van der Waals surface area (Å²) in [5, 5.41) is 66.1. The minimum atomic E-state index is -1.36. The summed E-state index contributed by atoms with van der Waals surface area (Å²) >= 11 is 0. The molecule has 12 nitrogen and oxygen atoms in total. The number of ether oxygens (including phenoxy) is 3. The average molecular weight is 436 g/mol. The van der Waals surface area contributed by atoms with Crippen LogP contribution in [-0.4, -0.2) is 123 Å². The SMILES string of the molecule is OCCO[C@@H](CO)[C@@H](O)[C@@H](OCCO)c1cnc(C[C@H](O)[C@H](CO)OCCO)cn1. The molecule has 0 amide bonds. The van der Waals surface area contributed by atoms with E-state index in [-0.39, 0.29) is 51.8 Å². The van der Waals surface area contributed by atoms with Gasteiger partial charge >= 0.3 is 0 Å². The van der Waals surface area contributed by atoms with Crippen molar-refractivity contribution in [3.05, 3.63) is 23.8 Å². The molecular formula is C18H32N2O10. The Morgan fingerprint density at radius 1 is 0.733 bits per heavy atom. The summed E-state index contributed by atoms with van der Waals surface area (Å²) in [5.74, 6) is 0. The van der Waals surface area contributed by atoms with Gasteiger partial charge in [0, 0.05) is 12.6 Å². The molecule has 0 aliphatic heterocycles. The molecule has 0 aliphatic rings. The summed E-state index contributed by atoms with van der Waals surface area (Å²) < 4.78 is 15.8. The van der Waals surface area contributed by atoms with E-state index in [1.165, 1.54) is 12.4 Å². The van der Waals surface area contributed by atoms with E-state index in [1.807, 2.05) is 0 Å². The van der Waals surface area contributed by atoms with Crippen LogP contribution < -0.4 is 0 Å². The number of nitrogens with zero attached hydrogens (tertiary/aromatic N) is 2. The molecule has 0 spiro atoms. The monoisotopic (exact) mass is 436 g/mol. The minimum absolute atomic E-state index is 0.0214. The molecule has 5 atom stereocenters. The van der Waals surface area contributed by atoms with Crippen LogP contribution in [0.4, 0.5) is 0 Å². The first-order valence-corrected chi connectivity index (χ1v) is 9.58. The fourth-order valence-electron chi connectivity index (χ4n) is 2.65. The van der Waals surface area contributed by atoms with Gasteiger partial charge in [-0.15, -0.1) is 0 Å². The third kappa shape index (κ3) is 8.81. The zero-order valence-corrected chi connectivity index (χ0v) is 16.7. The van der Waals surface area contributed by atoms with Gasteiger partial charge in [0.1, 0.15) is 24.4 Å². The van der Waals surface area contributed by atoms with Crippen molar-refractivity contribution in [3.63, 3.8) is 0 Å². The highest BCUT2D eigenvalue weighted by molar-refractivity contribution is 5.09. The van der Waals surface area contributed by atoms with Gasteiger partial charge in [-0.2, -0.15) is 0 Å². The summed E-state index contributed by atoms with van der Waals surface area (Å²) in [6.07, 6.45) is -2.78. The molecule has 1 aromatic rings. The van der Waals surface area contributed by atoms with E-state index in [2.05, 4.69) is 9.97 Å². The molecule has 174 valence electrons. The topological polar surface area (TPSA) is 195 Å². The molecule has 0 fully saturated rings. The smallest absolute Gasteiger partial charge is 0.129 e. The molecule has 0 radical (unpaired) electrons. The van der Waals surface area contributed by atoms with Crippen molar-refractivity contribution >= 4 is 0 Å². The van der Waals surface area contributed by atoms with Crippen LogP contribution in [0.1, 0.15) is 17.5 Å². The van der Waals surface area contributed by atoms with Crippen LogP contribution in [0.15, 0.2) is 12.4 Å². The Hall–Kier alpha value is -1.32. The summed E-state index contributed by atoms with van der Waals surface area (Å²) in [4.78, 5) is 8.35. The van der Waals surface area contributed by atoms with Crippen LogP contribution in [0, 0.1) is 0 Å². The van der Waals surface area contributed by atoms with Gasteiger partial charge < -0.3 is 50.0 Å². The van der Waals surface area contributed by atoms with Gasteiger partial charge in [0.15, 0.2) is 0 Å². The first kappa shape index (κ1) is 26.7. The van der Waals surface area contributed by atoms with Crippen molar-refractivity contribution in [3.8, 4) is 0 Å². The summed E-state index contributed by atoms with van der Waals surface area (Å²) in [6.45, 7) is -2.05. The lowest BCUT2D eigenvalue weighted by molar-refractivity contribution is -0.134. The number of aromatic nitrogens is 2. The molecule has 7 N–H and O–H groups in total. The molecule has 1 rings (SSSR count). The van der Waals surface area contributed by atoms with Gasteiger partial charge in [-0.3, -0.25) is 9.97 Å². The standard InChI is InChI=1S/C18H32N2O10/c21-1-4-28-15(10-24)14(26)7-12-8-20-13(9-19-12)18(30-6-3-23)17(27)16(11-25)29-5-2-22/h8-9,14-18,21-27H,1-7,10-11H2/t14-,15-,16-,17+,18-/m0/s1. The van der Waals surface area contributed by atoms with Gasteiger partial charge in [0.25, 0.3) is 0 Å². The maximum absolute atomic E-state index is 10.5. The zero-order chi connectivity index (χ0) is 22.4. The minimum Gasteiger partial charge on any atom is -0.394 e. The predicted molar refractivity (Wildman–Crippen MR) is 101 cm³/mol. The third-order valence-electron chi connectivity index (χ3n) is 4.15. The van der Waals surface area contributed by atoms with Crippen LogP contribution in [0.5, 0.6) is 0 Å². The Bertz CT molecular complexity index is 550. The van der Waals surface area contributed by atoms with Crippen molar-refractivity contribution in [2.45, 2.75) is 36.9 Å². The molecule has 12 heteroatoms. The summed E-state index contributed by atoms with van der Waals surface area (Å²) in [7, 11) is 0. The van der Waals surface area contributed by atoms with Crippen LogP contribution in [0.25, 0.3) is 0 Å². The van der Waals surface area contributed by atoms with Crippen molar-refractivity contribution in [2.24, 2.45) is 0 Å². The number of rotatable bonds is 17. The number of hydrogen-bond donors (Lipinski definition) is 7. The fourth-order valence-corrected chi connectivity index (χ4v) is 2.65. The number of aliphatic hydroxyl groups excluding tert-OH is 7. The highest BCUT2D eigenvalue weighted by atomic mass is 16.5. The quantitative estimate of drug-likeness (QED) is 0.128. The highest BCUT2D eigenvalue weighted by Crippen LogP contribution is 2.23. The van der Waals surface area contributed by atoms with E-state index in [9.17, 15) is 20.4 Å². The molecule has 0 bridgehead atoms. The first-order chi connectivity index (χ1) is 14.5. The molecule has 0 saturated carbocycles. The lowest BCUT2D eigenvalue weighted by atomic mass is 10.0. The largest absolute Gasteiger partial charge is 0.394 e. The maximum Gasteiger partial charge on any atom is 0.129 e. The van der Waals surface area contributed by atoms with E-state index in [0.717, 1.165) is 0 Å². The lowest BCUT2D eigenvalue weighted by Gasteiger charge is -2.28. The second kappa shape index (κ2) is 15.5. The van der Waals surface area contributed by atoms with Crippen LogP contribution in [0.2, 0.25) is 0 Å². The van der Waals surface area contributed by atoms with Crippen molar-refractivity contribution in [1.29, 1.82) is 0 Å². The Morgan fingerprint density at radius 2 is 1.30 bits per heavy atom. The third-order valence-corrected chi connectivity index (χ3v) is 4.15. The zero-order valence-electron chi connectivity index (χ0n) is 16.7. The summed E-state index contributed by atoms with van der Waals surface area (Å²) in [6, 6.07) is 0. The Balaban J connectivity index is 2.87. The summed E-state index contributed by atoms with van der Waals surface area (Å²) in [5.41, 5.74) is 0.582. The Labute approximate surface area is 174 Å². The molecule has 30 heavy (non-hydrogen) atoms. The molecule has 0 aromatic carbocycles.